The largest absolute Gasteiger partial charge is 0.482 e. The lowest BCUT2D eigenvalue weighted by atomic mass is 10.0. The zero-order valence-electron chi connectivity index (χ0n) is 20.7. The molecule has 4 nitrogen and oxygen atoms in total. The van der Waals surface area contributed by atoms with Crippen LogP contribution in [0.15, 0.2) is 18.2 Å². The van der Waals surface area contributed by atoms with Gasteiger partial charge < -0.3 is 14.5 Å². The number of quaternary nitrogens is 1. The van der Waals surface area contributed by atoms with E-state index in [4.69, 9.17) is 27.9 Å². The number of carbonyl (C=O) groups excluding carboxylic acids is 1. The second-order valence-corrected chi connectivity index (χ2v) is 10.5. The van der Waals surface area contributed by atoms with Crippen molar-refractivity contribution in [3.63, 3.8) is 0 Å². The number of ether oxygens (including phenoxy) is 1. The van der Waals surface area contributed by atoms with Gasteiger partial charge in [0.25, 0.3) is 5.91 Å². The number of amides is 1. The van der Waals surface area contributed by atoms with E-state index >= 15 is 0 Å². The minimum Gasteiger partial charge on any atom is -0.482 e. The van der Waals surface area contributed by atoms with Crippen LogP contribution in [0.2, 0.25) is 10.0 Å². The molecule has 33 heavy (non-hydrogen) atoms. The topological polar surface area (TPSA) is 38.3 Å². The fourth-order valence-electron chi connectivity index (χ4n) is 4.90. The van der Waals surface area contributed by atoms with Gasteiger partial charge in [0, 0.05) is 5.02 Å². The molecule has 0 bridgehead atoms. The van der Waals surface area contributed by atoms with E-state index in [9.17, 15) is 4.79 Å². The SMILES string of the molecule is CCCCCCCCCCCC[N+]1(CCNC(=O)COc2ccc(Cl)cc2Cl)CCCCC1. The maximum absolute atomic E-state index is 12.3. The Morgan fingerprint density at radius 2 is 1.55 bits per heavy atom. The molecule has 1 aromatic rings. The molecule has 0 unspecified atom stereocenters. The summed E-state index contributed by atoms with van der Waals surface area (Å²) in [6.45, 7) is 7.73. The van der Waals surface area contributed by atoms with Gasteiger partial charge in [0.05, 0.1) is 37.7 Å². The Balaban J connectivity index is 1.61. The summed E-state index contributed by atoms with van der Waals surface area (Å²) in [5.41, 5.74) is 0. The average Bonchev–Trinajstić information content (AvgIpc) is 2.80. The van der Waals surface area contributed by atoms with E-state index in [1.54, 1.807) is 18.2 Å². The van der Waals surface area contributed by atoms with Gasteiger partial charge >= 0.3 is 0 Å². The van der Waals surface area contributed by atoms with Crippen molar-refractivity contribution < 1.29 is 14.0 Å². The normalized spacial score (nSPS) is 15.4. The van der Waals surface area contributed by atoms with Gasteiger partial charge in [-0.15, -0.1) is 0 Å². The van der Waals surface area contributed by atoms with E-state index in [0.29, 0.717) is 22.3 Å². The number of rotatable bonds is 17. The summed E-state index contributed by atoms with van der Waals surface area (Å²) in [6, 6.07) is 5.02. The first kappa shape index (κ1) is 28.3. The Bertz CT molecular complexity index is 678. The Hall–Kier alpha value is -0.970. The molecule has 0 aromatic heterocycles. The lowest BCUT2D eigenvalue weighted by Gasteiger charge is -2.42. The Morgan fingerprint density at radius 1 is 0.909 bits per heavy atom. The number of piperidine rings is 1. The summed E-state index contributed by atoms with van der Waals surface area (Å²) in [7, 11) is 0. The van der Waals surface area contributed by atoms with Crippen LogP contribution in [0.4, 0.5) is 0 Å². The molecule has 1 aliphatic heterocycles. The highest BCUT2D eigenvalue weighted by atomic mass is 35.5. The Kier molecular flexibility index (Phi) is 14.2. The van der Waals surface area contributed by atoms with Crippen LogP contribution in [-0.4, -0.2) is 49.7 Å². The number of benzene rings is 1. The number of unbranched alkanes of at least 4 members (excludes halogenated alkanes) is 9. The quantitative estimate of drug-likeness (QED) is 0.179. The third kappa shape index (κ3) is 11.8. The van der Waals surface area contributed by atoms with Crippen LogP contribution in [0.1, 0.15) is 90.4 Å². The predicted molar refractivity (Wildman–Crippen MR) is 140 cm³/mol. The van der Waals surface area contributed by atoms with Crippen molar-refractivity contribution in [1.29, 1.82) is 0 Å². The predicted octanol–water partition coefficient (Wildman–Crippen LogP) is 7.41. The van der Waals surface area contributed by atoms with Gasteiger partial charge in [0.15, 0.2) is 6.61 Å². The van der Waals surface area contributed by atoms with Crippen LogP contribution in [0.5, 0.6) is 5.75 Å². The number of likely N-dealkylation sites (tertiary alicyclic amines) is 1. The van der Waals surface area contributed by atoms with E-state index in [1.165, 1.54) is 108 Å². The number of halogens is 2. The molecule has 0 aliphatic carbocycles. The first-order chi connectivity index (χ1) is 16.0. The van der Waals surface area contributed by atoms with E-state index in [1.807, 2.05) is 0 Å². The average molecular weight is 501 g/mol. The molecule has 0 radical (unpaired) electrons. The molecule has 1 aromatic carbocycles. The monoisotopic (exact) mass is 499 g/mol. The summed E-state index contributed by atoms with van der Waals surface area (Å²) in [4.78, 5) is 12.3. The van der Waals surface area contributed by atoms with Crippen LogP contribution in [0, 0.1) is 0 Å². The maximum atomic E-state index is 12.3. The molecular formula is C27H45Cl2N2O2+. The lowest BCUT2D eigenvalue weighted by molar-refractivity contribution is -0.931. The molecule has 0 saturated carbocycles. The van der Waals surface area contributed by atoms with Gasteiger partial charge in [0.1, 0.15) is 5.75 Å². The molecule has 0 spiro atoms. The standard InChI is InChI=1S/C27H44Cl2N2O2/c1-2-3-4-5-6-7-8-9-10-12-18-31(19-13-11-14-20-31)21-17-30-27(32)23-33-26-16-15-24(28)22-25(26)29/h15-16,22H,2-14,17-21,23H2,1H3/p+1. The van der Waals surface area contributed by atoms with Crippen molar-refractivity contribution in [2.24, 2.45) is 0 Å². The van der Waals surface area contributed by atoms with E-state index in [0.717, 1.165) is 6.54 Å². The number of hydrogen-bond acceptors (Lipinski definition) is 2. The van der Waals surface area contributed by atoms with Gasteiger partial charge in [-0.3, -0.25) is 4.79 Å². The Labute approximate surface area is 211 Å². The van der Waals surface area contributed by atoms with Crippen LogP contribution in [-0.2, 0) is 4.79 Å². The number of nitrogens with one attached hydrogen (secondary N) is 1. The molecule has 6 heteroatoms. The van der Waals surface area contributed by atoms with E-state index < -0.39 is 0 Å². The van der Waals surface area contributed by atoms with Gasteiger partial charge in [-0.1, -0.05) is 81.5 Å². The van der Waals surface area contributed by atoms with Gasteiger partial charge in [-0.2, -0.15) is 0 Å². The number of nitrogens with zero attached hydrogens (tertiary/aromatic N) is 1. The molecule has 1 heterocycles. The number of hydrogen-bond donors (Lipinski definition) is 1. The molecule has 2 rings (SSSR count). The minimum atomic E-state index is -0.102. The van der Waals surface area contributed by atoms with Gasteiger partial charge in [-0.05, 0) is 50.3 Å². The zero-order valence-corrected chi connectivity index (χ0v) is 22.2. The molecule has 0 atom stereocenters. The third-order valence-corrected chi connectivity index (χ3v) is 7.44. The first-order valence-corrected chi connectivity index (χ1v) is 14.0. The van der Waals surface area contributed by atoms with Crippen LogP contribution in [0.25, 0.3) is 0 Å². The van der Waals surface area contributed by atoms with Crippen LogP contribution >= 0.6 is 23.2 Å². The minimum absolute atomic E-state index is 0.0280. The molecule has 1 aliphatic rings. The summed E-state index contributed by atoms with van der Waals surface area (Å²) < 4.78 is 6.72. The third-order valence-electron chi connectivity index (χ3n) is 6.91. The highest BCUT2D eigenvalue weighted by Gasteiger charge is 2.29. The second-order valence-electron chi connectivity index (χ2n) is 9.69. The highest BCUT2D eigenvalue weighted by molar-refractivity contribution is 6.35. The highest BCUT2D eigenvalue weighted by Crippen LogP contribution is 2.27. The summed E-state index contributed by atoms with van der Waals surface area (Å²) in [5, 5.41) is 4.02. The van der Waals surface area contributed by atoms with Gasteiger partial charge in [0.2, 0.25) is 0 Å². The summed E-state index contributed by atoms with van der Waals surface area (Å²) in [5.74, 6) is 0.381. The van der Waals surface area contributed by atoms with Crippen molar-refractivity contribution in [3.8, 4) is 5.75 Å². The molecular weight excluding hydrogens is 455 g/mol. The summed E-state index contributed by atoms with van der Waals surface area (Å²) in [6.07, 6.45) is 17.7. The maximum Gasteiger partial charge on any atom is 0.258 e. The first-order valence-electron chi connectivity index (χ1n) is 13.2. The fourth-order valence-corrected chi connectivity index (χ4v) is 5.36. The van der Waals surface area contributed by atoms with Crippen molar-refractivity contribution in [1.82, 2.24) is 5.32 Å². The summed E-state index contributed by atoms with van der Waals surface area (Å²) >= 11 is 12.0. The van der Waals surface area contributed by atoms with Crippen LogP contribution < -0.4 is 10.1 Å². The van der Waals surface area contributed by atoms with Crippen molar-refractivity contribution in [2.45, 2.75) is 90.4 Å². The van der Waals surface area contributed by atoms with Crippen LogP contribution in [0.3, 0.4) is 0 Å². The zero-order chi connectivity index (χ0) is 23.8. The fraction of sp³-hybridized carbons (Fsp3) is 0.741. The molecule has 1 N–H and O–H groups in total. The number of carbonyl (C=O) groups is 1. The smallest absolute Gasteiger partial charge is 0.258 e. The molecule has 1 amide bonds. The van der Waals surface area contributed by atoms with E-state index in [2.05, 4.69) is 12.2 Å². The second kappa shape index (κ2) is 16.6. The molecule has 1 saturated heterocycles. The molecule has 1 fully saturated rings. The lowest BCUT2D eigenvalue weighted by Crippen LogP contribution is -2.55. The van der Waals surface area contributed by atoms with Crippen molar-refractivity contribution in [2.75, 3.05) is 39.3 Å². The Morgan fingerprint density at radius 3 is 2.18 bits per heavy atom. The molecule has 188 valence electrons. The van der Waals surface area contributed by atoms with E-state index in [-0.39, 0.29) is 12.5 Å². The van der Waals surface area contributed by atoms with Crippen molar-refractivity contribution in [3.05, 3.63) is 28.2 Å². The van der Waals surface area contributed by atoms with Gasteiger partial charge in [-0.25, -0.2) is 0 Å². The van der Waals surface area contributed by atoms with Crippen molar-refractivity contribution >= 4 is 29.1 Å².